The first kappa shape index (κ1) is 16.9. The van der Waals surface area contributed by atoms with Crippen LogP contribution in [0.15, 0.2) is 15.5 Å². The Morgan fingerprint density at radius 1 is 1.45 bits per heavy atom. The fourth-order valence-corrected chi connectivity index (χ4v) is 1.77. The standard InChI is InChI=1S/C10H13BrF3N3O3/c1-19-7(20-2)4-15-6-3-16-17(5-10(12,13)14)9(18)8(6)11/h3,7,15H,4-5H2,1-2H3. The molecule has 0 aliphatic heterocycles. The molecule has 0 fully saturated rings. The first-order valence-electron chi connectivity index (χ1n) is 5.40. The molecule has 0 amide bonds. The number of alkyl halides is 3. The summed E-state index contributed by atoms with van der Waals surface area (Å²) in [6, 6.07) is 0. The highest BCUT2D eigenvalue weighted by molar-refractivity contribution is 9.10. The summed E-state index contributed by atoms with van der Waals surface area (Å²) in [7, 11) is 2.87. The number of aromatic nitrogens is 2. The second kappa shape index (κ2) is 7.04. The van der Waals surface area contributed by atoms with Crippen molar-refractivity contribution in [1.82, 2.24) is 9.78 Å². The van der Waals surface area contributed by atoms with Crippen LogP contribution in [0.1, 0.15) is 0 Å². The van der Waals surface area contributed by atoms with E-state index in [1.165, 1.54) is 14.2 Å². The van der Waals surface area contributed by atoms with Gasteiger partial charge in [0.05, 0.1) is 18.4 Å². The molecular weight excluding hydrogens is 347 g/mol. The molecule has 0 aromatic carbocycles. The Bertz CT molecular complexity index is 503. The predicted molar refractivity (Wildman–Crippen MR) is 68.5 cm³/mol. The van der Waals surface area contributed by atoms with Crippen molar-refractivity contribution in [2.45, 2.75) is 19.0 Å². The molecule has 20 heavy (non-hydrogen) atoms. The van der Waals surface area contributed by atoms with E-state index in [1.54, 1.807) is 0 Å². The molecule has 0 bridgehead atoms. The molecule has 6 nitrogen and oxygen atoms in total. The van der Waals surface area contributed by atoms with Crippen LogP contribution in [-0.4, -0.2) is 43.0 Å². The lowest BCUT2D eigenvalue weighted by atomic mass is 10.4. The van der Waals surface area contributed by atoms with Crippen molar-refractivity contribution in [3.63, 3.8) is 0 Å². The van der Waals surface area contributed by atoms with Crippen molar-refractivity contribution < 1.29 is 22.6 Å². The fourth-order valence-electron chi connectivity index (χ4n) is 1.33. The number of halogens is 4. The smallest absolute Gasteiger partial charge is 0.378 e. The third-order valence-electron chi connectivity index (χ3n) is 2.30. The Morgan fingerprint density at radius 3 is 2.55 bits per heavy atom. The maximum Gasteiger partial charge on any atom is 0.408 e. The minimum atomic E-state index is -4.51. The molecule has 1 aromatic rings. The van der Waals surface area contributed by atoms with E-state index < -0.39 is 24.6 Å². The zero-order valence-electron chi connectivity index (χ0n) is 10.7. The van der Waals surface area contributed by atoms with Gasteiger partial charge in [-0.05, 0) is 15.9 Å². The van der Waals surface area contributed by atoms with Crippen LogP contribution in [0.4, 0.5) is 18.9 Å². The van der Waals surface area contributed by atoms with E-state index in [2.05, 4.69) is 26.3 Å². The van der Waals surface area contributed by atoms with Gasteiger partial charge >= 0.3 is 6.18 Å². The second-order valence-electron chi connectivity index (χ2n) is 3.73. The van der Waals surface area contributed by atoms with Gasteiger partial charge in [0.2, 0.25) is 0 Å². The monoisotopic (exact) mass is 359 g/mol. The highest BCUT2D eigenvalue weighted by Gasteiger charge is 2.29. The first-order valence-corrected chi connectivity index (χ1v) is 6.19. The van der Waals surface area contributed by atoms with Gasteiger partial charge in [-0.25, -0.2) is 4.68 Å². The Morgan fingerprint density at radius 2 is 2.05 bits per heavy atom. The van der Waals surface area contributed by atoms with Crippen molar-refractivity contribution in [2.24, 2.45) is 0 Å². The van der Waals surface area contributed by atoms with Crippen molar-refractivity contribution in [2.75, 3.05) is 26.1 Å². The molecule has 1 N–H and O–H groups in total. The molecule has 114 valence electrons. The summed E-state index contributed by atoms with van der Waals surface area (Å²) in [5.74, 6) is 0. The highest BCUT2D eigenvalue weighted by atomic mass is 79.9. The van der Waals surface area contributed by atoms with E-state index >= 15 is 0 Å². The summed E-state index contributed by atoms with van der Waals surface area (Å²) < 4.78 is 46.9. The summed E-state index contributed by atoms with van der Waals surface area (Å²) in [5, 5.41) is 6.26. The van der Waals surface area contributed by atoms with E-state index in [-0.39, 0.29) is 16.7 Å². The number of nitrogens with zero attached hydrogens (tertiary/aromatic N) is 2. The third-order valence-corrected chi connectivity index (χ3v) is 3.07. The lowest BCUT2D eigenvalue weighted by molar-refractivity contribution is -0.143. The van der Waals surface area contributed by atoms with Crippen molar-refractivity contribution in [1.29, 1.82) is 0 Å². The highest BCUT2D eigenvalue weighted by Crippen LogP contribution is 2.19. The van der Waals surface area contributed by atoms with Crippen LogP contribution in [0.3, 0.4) is 0 Å². The van der Waals surface area contributed by atoms with Crippen LogP contribution in [-0.2, 0) is 16.0 Å². The van der Waals surface area contributed by atoms with Gasteiger partial charge in [0.25, 0.3) is 5.56 Å². The minimum absolute atomic E-state index is 0.0392. The number of hydrogen-bond donors (Lipinski definition) is 1. The minimum Gasteiger partial charge on any atom is -0.378 e. The molecule has 0 aliphatic rings. The number of methoxy groups -OCH3 is 2. The van der Waals surface area contributed by atoms with E-state index in [0.29, 0.717) is 4.68 Å². The Hall–Kier alpha value is -1.13. The molecule has 0 radical (unpaired) electrons. The van der Waals surface area contributed by atoms with Crippen LogP contribution in [0.5, 0.6) is 0 Å². The molecule has 0 atom stereocenters. The fraction of sp³-hybridized carbons (Fsp3) is 0.600. The molecule has 1 rings (SSSR count). The average Bonchev–Trinajstić information content (AvgIpc) is 2.37. The average molecular weight is 360 g/mol. The summed E-state index contributed by atoms with van der Waals surface area (Å²) in [5.41, 5.74) is -0.619. The SMILES string of the molecule is COC(CNc1cnn(CC(F)(F)F)c(=O)c1Br)OC. The van der Waals surface area contributed by atoms with Crippen LogP contribution >= 0.6 is 15.9 Å². The second-order valence-corrected chi connectivity index (χ2v) is 4.53. The molecule has 1 heterocycles. The van der Waals surface area contributed by atoms with E-state index in [1.807, 2.05) is 0 Å². The van der Waals surface area contributed by atoms with Gasteiger partial charge in [-0.2, -0.15) is 18.3 Å². The van der Waals surface area contributed by atoms with E-state index in [9.17, 15) is 18.0 Å². The molecule has 0 saturated heterocycles. The van der Waals surface area contributed by atoms with Gasteiger partial charge in [0.1, 0.15) is 11.0 Å². The van der Waals surface area contributed by atoms with Crippen molar-refractivity contribution >= 4 is 21.6 Å². The van der Waals surface area contributed by atoms with Crippen molar-refractivity contribution in [3.05, 3.63) is 21.0 Å². The van der Waals surface area contributed by atoms with Gasteiger partial charge in [-0.3, -0.25) is 4.79 Å². The largest absolute Gasteiger partial charge is 0.408 e. The predicted octanol–water partition coefficient (Wildman–Crippen LogP) is 1.60. The number of nitrogens with one attached hydrogen (secondary N) is 1. The number of rotatable bonds is 6. The van der Waals surface area contributed by atoms with Gasteiger partial charge in [0, 0.05) is 14.2 Å². The van der Waals surface area contributed by atoms with Crippen LogP contribution in [0.25, 0.3) is 0 Å². The Balaban J connectivity index is 2.87. The van der Waals surface area contributed by atoms with Gasteiger partial charge in [-0.1, -0.05) is 0 Å². The zero-order valence-corrected chi connectivity index (χ0v) is 12.3. The molecule has 0 unspecified atom stereocenters. The first-order chi connectivity index (χ1) is 9.28. The number of anilines is 1. The topological polar surface area (TPSA) is 65.4 Å². The van der Waals surface area contributed by atoms with Crippen molar-refractivity contribution in [3.8, 4) is 0 Å². The maximum atomic E-state index is 12.2. The zero-order chi connectivity index (χ0) is 15.3. The lowest BCUT2D eigenvalue weighted by Crippen LogP contribution is -2.31. The summed E-state index contributed by atoms with van der Waals surface area (Å²) in [6.45, 7) is -1.24. The van der Waals surface area contributed by atoms with Gasteiger partial charge in [-0.15, -0.1) is 0 Å². The number of hydrogen-bond acceptors (Lipinski definition) is 5. The molecule has 10 heteroatoms. The number of ether oxygens (including phenoxy) is 2. The Labute approximate surface area is 121 Å². The molecule has 0 saturated carbocycles. The molecule has 0 spiro atoms. The van der Waals surface area contributed by atoms with E-state index in [4.69, 9.17) is 9.47 Å². The quantitative estimate of drug-likeness (QED) is 0.781. The van der Waals surface area contributed by atoms with Crippen LogP contribution < -0.4 is 10.9 Å². The molecule has 1 aromatic heterocycles. The summed E-state index contributed by atoms with van der Waals surface area (Å²) >= 11 is 2.95. The molecular formula is C10H13BrF3N3O3. The molecule has 0 aliphatic carbocycles. The Kier molecular flexibility index (Phi) is 5.96. The van der Waals surface area contributed by atoms with Gasteiger partial charge < -0.3 is 14.8 Å². The summed E-state index contributed by atoms with van der Waals surface area (Å²) in [4.78, 5) is 11.7. The normalized spacial score (nSPS) is 11.9. The van der Waals surface area contributed by atoms with Crippen LogP contribution in [0, 0.1) is 0 Å². The van der Waals surface area contributed by atoms with E-state index in [0.717, 1.165) is 6.20 Å². The maximum absolute atomic E-state index is 12.2. The van der Waals surface area contributed by atoms with Gasteiger partial charge in [0.15, 0.2) is 6.29 Å². The van der Waals surface area contributed by atoms with Crippen LogP contribution in [0.2, 0.25) is 0 Å². The summed E-state index contributed by atoms with van der Waals surface area (Å²) in [6.07, 6.45) is -3.94. The lowest BCUT2D eigenvalue weighted by Gasteiger charge is -2.16. The third kappa shape index (κ3) is 4.76.